The molecule has 0 spiro atoms. The fraction of sp³-hybridized carbons (Fsp3) is 0.0870. The molecule has 1 amide bonds. The molecule has 0 saturated heterocycles. The van der Waals surface area contributed by atoms with Crippen molar-refractivity contribution < 1.29 is 22.4 Å². The second-order valence-electron chi connectivity index (χ2n) is 7.02. The zero-order valence-corrected chi connectivity index (χ0v) is 16.8. The highest BCUT2D eigenvalue weighted by Gasteiger charge is 2.35. The first kappa shape index (κ1) is 21.1. The van der Waals surface area contributed by atoms with Crippen molar-refractivity contribution in [2.75, 3.05) is 5.32 Å². The smallest absolute Gasteiger partial charge is 0.417 e. The van der Waals surface area contributed by atoms with Gasteiger partial charge in [0.05, 0.1) is 11.8 Å². The van der Waals surface area contributed by atoms with E-state index in [1.54, 1.807) is 31.5 Å². The van der Waals surface area contributed by atoms with Crippen molar-refractivity contribution in [1.29, 1.82) is 0 Å². The first-order valence-corrected chi connectivity index (χ1v) is 9.48. The predicted molar refractivity (Wildman–Crippen MR) is 113 cm³/mol. The Morgan fingerprint density at radius 2 is 1.88 bits per heavy atom. The molecule has 0 saturated carbocycles. The SMILES string of the molecule is Cc1ccc(-c2c(C(N)=O)cccc2C(F)(F)F)cc1Nc1ncc(-c2cccnc2)o1. The first-order valence-electron chi connectivity index (χ1n) is 9.48. The average molecular weight is 438 g/mol. The molecule has 162 valence electrons. The minimum atomic E-state index is -4.67. The number of alkyl halides is 3. The van der Waals surface area contributed by atoms with Crippen molar-refractivity contribution in [1.82, 2.24) is 9.97 Å². The maximum atomic E-state index is 13.7. The summed E-state index contributed by atoms with van der Waals surface area (Å²) >= 11 is 0. The van der Waals surface area contributed by atoms with Crippen molar-refractivity contribution in [3.8, 4) is 22.5 Å². The van der Waals surface area contributed by atoms with Crippen molar-refractivity contribution in [3.63, 3.8) is 0 Å². The maximum Gasteiger partial charge on any atom is 0.417 e. The van der Waals surface area contributed by atoms with Crippen molar-refractivity contribution in [2.45, 2.75) is 13.1 Å². The van der Waals surface area contributed by atoms with E-state index < -0.39 is 17.6 Å². The molecule has 0 radical (unpaired) electrons. The van der Waals surface area contributed by atoms with Gasteiger partial charge >= 0.3 is 6.18 Å². The number of benzene rings is 2. The second-order valence-corrected chi connectivity index (χ2v) is 7.02. The summed E-state index contributed by atoms with van der Waals surface area (Å²) in [6.45, 7) is 1.78. The van der Waals surface area contributed by atoms with E-state index in [2.05, 4.69) is 15.3 Å². The molecule has 0 aliphatic heterocycles. The quantitative estimate of drug-likeness (QED) is 0.425. The Kier molecular flexibility index (Phi) is 5.40. The van der Waals surface area contributed by atoms with E-state index in [1.807, 2.05) is 6.07 Å². The Hall–Kier alpha value is -4.14. The molecule has 9 heteroatoms. The molecule has 0 aliphatic carbocycles. The molecule has 3 N–H and O–H groups in total. The minimum Gasteiger partial charge on any atom is -0.423 e. The van der Waals surface area contributed by atoms with Crippen LogP contribution in [0.2, 0.25) is 0 Å². The number of aryl methyl sites for hydroxylation is 1. The van der Waals surface area contributed by atoms with Gasteiger partial charge in [-0.2, -0.15) is 13.2 Å². The van der Waals surface area contributed by atoms with Crippen LogP contribution in [-0.2, 0) is 6.18 Å². The van der Waals surface area contributed by atoms with Crippen LogP contribution in [0, 0.1) is 6.92 Å². The van der Waals surface area contributed by atoms with Crippen molar-refractivity contribution in [2.24, 2.45) is 5.73 Å². The van der Waals surface area contributed by atoms with Gasteiger partial charge < -0.3 is 15.5 Å². The number of halogens is 3. The van der Waals surface area contributed by atoms with Crippen molar-refractivity contribution in [3.05, 3.63) is 83.8 Å². The van der Waals surface area contributed by atoms with E-state index in [0.717, 1.165) is 23.3 Å². The Morgan fingerprint density at radius 1 is 1.06 bits per heavy atom. The largest absolute Gasteiger partial charge is 0.423 e. The van der Waals surface area contributed by atoms with Gasteiger partial charge in [-0.3, -0.25) is 9.78 Å². The highest BCUT2D eigenvalue weighted by Crippen LogP contribution is 2.40. The number of hydrogen-bond donors (Lipinski definition) is 2. The third kappa shape index (κ3) is 4.18. The molecule has 2 aromatic carbocycles. The number of anilines is 2. The standard InChI is InChI=1S/C23H17F3N4O2/c1-13-7-8-14(20-16(21(27)31)5-2-6-17(20)23(24,25)26)10-18(13)30-22-29-12-19(32-22)15-4-3-9-28-11-15/h2-12H,1H3,(H2,27,31)(H,29,30). The van der Waals surface area contributed by atoms with Gasteiger partial charge in [0.25, 0.3) is 6.01 Å². The van der Waals surface area contributed by atoms with E-state index in [9.17, 15) is 18.0 Å². The summed E-state index contributed by atoms with van der Waals surface area (Å²) in [6.07, 6.45) is 0.103. The number of oxazole rings is 1. The van der Waals surface area contributed by atoms with Gasteiger partial charge in [-0.1, -0.05) is 18.2 Å². The van der Waals surface area contributed by atoms with Gasteiger partial charge in [0.2, 0.25) is 5.91 Å². The zero-order valence-electron chi connectivity index (χ0n) is 16.8. The van der Waals surface area contributed by atoms with Crippen LogP contribution >= 0.6 is 0 Å². The lowest BCUT2D eigenvalue weighted by atomic mass is 9.92. The second kappa shape index (κ2) is 8.18. The third-order valence-electron chi connectivity index (χ3n) is 4.85. The number of carbonyl (C=O) groups is 1. The summed E-state index contributed by atoms with van der Waals surface area (Å²) in [5, 5.41) is 2.98. The van der Waals surface area contributed by atoms with Crippen LogP contribution in [-0.4, -0.2) is 15.9 Å². The molecular formula is C23H17F3N4O2. The summed E-state index contributed by atoms with van der Waals surface area (Å²) in [5.74, 6) is -0.470. The van der Waals surface area contributed by atoms with Crippen LogP contribution < -0.4 is 11.1 Å². The van der Waals surface area contributed by atoms with Gasteiger partial charge in [-0.05, 0) is 48.4 Å². The summed E-state index contributed by atoms with van der Waals surface area (Å²) in [7, 11) is 0. The van der Waals surface area contributed by atoms with Crippen LogP contribution in [0.4, 0.5) is 24.9 Å². The van der Waals surface area contributed by atoms with E-state index in [0.29, 0.717) is 11.4 Å². The summed E-state index contributed by atoms with van der Waals surface area (Å²) in [5.41, 5.74) is 6.03. The van der Waals surface area contributed by atoms with Crippen molar-refractivity contribution >= 4 is 17.6 Å². The molecule has 2 heterocycles. The highest BCUT2D eigenvalue weighted by molar-refractivity contribution is 6.01. The number of carbonyl (C=O) groups excluding carboxylic acids is 1. The van der Waals surface area contributed by atoms with E-state index >= 15 is 0 Å². The van der Waals surface area contributed by atoms with Gasteiger partial charge in [0, 0.05) is 34.8 Å². The zero-order chi connectivity index (χ0) is 22.9. The lowest BCUT2D eigenvalue weighted by Crippen LogP contribution is -2.16. The normalized spacial score (nSPS) is 11.4. The molecule has 0 bridgehead atoms. The number of pyridine rings is 1. The van der Waals surface area contributed by atoms with E-state index in [4.69, 9.17) is 10.2 Å². The van der Waals surface area contributed by atoms with E-state index in [1.165, 1.54) is 24.4 Å². The molecule has 4 rings (SSSR count). The molecule has 0 atom stereocenters. The lowest BCUT2D eigenvalue weighted by molar-refractivity contribution is -0.137. The third-order valence-corrected chi connectivity index (χ3v) is 4.85. The van der Waals surface area contributed by atoms with Gasteiger partial charge in [0.15, 0.2) is 5.76 Å². The number of nitrogens with zero attached hydrogens (tertiary/aromatic N) is 2. The highest BCUT2D eigenvalue weighted by atomic mass is 19.4. The van der Waals surface area contributed by atoms with Gasteiger partial charge in [0.1, 0.15) is 0 Å². The van der Waals surface area contributed by atoms with Gasteiger partial charge in [-0.25, -0.2) is 4.98 Å². The molecular weight excluding hydrogens is 421 g/mol. The lowest BCUT2D eigenvalue weighted by Gasteiger charge is -2.17. The molecule has 32 heavy (non-hydrogen) atoms. The Morgan fingerprint density at radius 3 is 2.56 bits per heavy atom. The number of primary amides is 1. The number of rotatable bonds is 5. The minimum absolute atomic E-state index is 0.156. The molecule has 0 unspecified atom stereocenters. The molecule has 0 aliphatic rings. The Balaban J connectivity index is 1.75. The van der Waals surface area contributed by atoms with Gasteiger partial charge in [-0.15, -0.1) is 0 Å². The predicted octanol–water partition coefficient (Wildman–Crippen LogP) is 5.57. The molecule has 4 aromatic rings. The topological polar surface area (TPSA) is 94.0 Å². The van der Waals surface area contributed by atoms with Crippen LogP contribution in [0.15, 0.2) is 71.5 Å². The number of hydrogen-bond acceptors (Lipinski definition) is 5. The number of nitrogens with two attached hydrogens (primary N) is 1. The Labute approximate surface area is 180 Å². The van der Waals surface area contributed by atoms with Crippen LogP contribution in [0.25, 0.3) is 22.5 Å². The fourth-order valence-electron chi connectivity index (χ4n) is 3.31. The molecule has 6 nitrogen and oxygen atoms in total. The van der Waals surface area contributed by atoms with Crippen LogP contribution in [0.1, 0.15) is 21.5 Å². The van der Waals surface area contributed by atoms with E-state index in [-0.39, 0.29) is 22.7 Å². The summed E-state index contributed by atoms with van der Waals surface area (Å²) in [6, 6.07) is 11.7. The fourth-order valence-corrected chi connectivity index (χ4v) is 3.31. The number of amides is 1. The summed E-state index contributed by atoms with van der Waals surface area (Å²) < 4.78 is 46.7. The summed E-state index contributed by atoms with van der Waals surface area (Å²) in [4.78, 5) is 20.1. The first-order chi connectivity index (χ1) is 15.2. The molecule has 0 fully saturated rings. The number of nitrogens with one attached hydrogen (secondary N) is 1. The van der Waals surface area contributed by atoms with Crippen LogP contribution in [0.3, 0.4) is 0 Å². The molecule has 2 aromatic heterocycles. The average Bonchev–Trinajstić information content (AvgIpc) is 3.23. The number of aromatic nitrogens is 2. The maximum absolute atomic E-state index is 13.7. The van der Waals surface area contributed by atoms with Crippen LogP contribution in [0.5, 0.6) is 0 Å². The Bertz CT molecular complexity index is 1280. The monoisotopic (exact) mass is 438 g/mol.